The number of morpholine rings is 1. The first-order valence-electron chi connectivity index (χ1n) is 4.87. The Balaban J connectivity index is 2.31. The smallest absolute Gasteiger partial charge is 0.253 e. The minimum Gasteiger partial charge on any atom is -0.378 e. The van der Waals surface area contributed by atoms with Crippen LogP contribution in [0.5, 0.6) is 0 Å². The van der Waals surface area contributed by atoms with Crippen LogP contribution < -0.4 is 0 Å². The van der Waals surface area contributed by atoms with Gasteiger partial charge in [-0.3, -0.25) is 0 Å². The summed E-state index contributed by atoms with van der Waals surface area (Å²) in [6.45, 7) is 3.13. The normalized spacial score (nSPS) is 23.5. The van der Waals surface area contributed by atoms with E-state index in [9.17, 15) is 8.42 Å². The summed E-state index contributed by atoms with van der Waals surface area (Å²) >= 11 is 6.84. The number of ether oxygens (including phenoxy) is 1. The van der Waals surface area contributed by atoms with Crippen LogP contribution in [0.15, 0.2) is 16.3 Å². The van der Waals surface area contributed by atoms with Crippen LogP contribution >= 0.6 is 22.9 Å². The minimum absolute atomic E-state index is 0.125. The van der Waals surface area contributed by atoms with Crippen molar-refractivity contribution in [3.05, 3.63) is 16.5 Å². The molecule has 1 aromatic rings. The molecule has 0 aromatic carbocycles. The number of hydrogen-bond donors (Lipinski definition) is 0. The van der Waals surface area contributed by atoms with E-state index in [4.69, 9.17) is 16.3 Å². The van der Waals surface area contributed by atoms with Gasteiger partial charge in [0.2, 0.25) is 0 Å². The van der Waals surface area contributed by atoms with Gasteiger partial charge in [-0.05, 0) is 19.1 Å². The Morgan fingerprint density at radius 1 is 1.56 bits per heavy atom. The fourth-order valence-corrected chi connectivity index (χ4v) is 4.83. The quantitative estimate of drug-likeness (QED) is 0.831. The fraction of sp³-hybridized carbons (Fsp3) is 0.556. The summed E-state index contributed by atoms with van der Waals surface area (Å²) in [5.74, 6) is 0. The molecule has 0 bridgehead atoms. The zero-order chi connectivity index (χ0) is 11.8. The molecule has 1 aliphatic heterocycles. The highest BCUT2D eigenvalue weighted by Crippen LogP contribution is 2.29. The zero-order valence-electron chi connectivity index (χ0n) is 8.72. The largest absolute Gasteiger partial charge is 0.378 e. The molecule has 0 N–H and O–H groups in total. The molecule has 1 fully saturated rings. The second-order valence-corrected chi connectivity index (χ2v) is 7.43. The molecule has 7 heteroatoms. The van der Waals surface area contributed by atoms with Gasteiger partial charge in [-0.2, -0.15) is 4.31 Å². The van der Waals surface area contributed by atoms with Crippen molar-refractivity contribution in [3.63, 3.8) is 0 Å². The monoisotopic (exact) mass is 281 g/mol. The predicted octanol–water partition coefficient (Wildman–Crippen LogP) is 1.81. The van der Waals surface area contributed by atoms with E-state index < -0.39 is 10.0 Å². The highest BCUT2D eigenvalue weighted by Gasteiger charge is 2.32. The predicted molar refractivity (Wildman–Crippen MR) is 63.5 cm³/mol. The summed E-state index contributed by atoms with van der Waals surface area (Å²) in [4.78, 5) is 0. The lowest BCUT2D eigenvalue weighted by Gasteiger charge is -2.31. The summed E-state index contributed by atoms with van der Waals surface area (Å²) < 4.78 is 31.9. The third-order valence-corrected chi connectivity index (χ3v) is 6.13. The first kappa shape index (κ1) is 12.3. The molecule has 0 saturated carbocycles. The van der Waals surface area contributed by atoms with Crippen molar-refractivity contribution in [2.75, 3.05) is 19.8 Å². The number of rotatable bonds is 2. The van der Waals surface area contributed by atoms with Gasteiger partial charge in [-0.1, -0.05) is 11.6 Å². The summed E-state index contributed by atoms with van der Waals surface area (Å²) in [6, 6.07) is 3.02. The van der Waals surface area contributed by atoms with Crippen LogP contribution in [0.3, 0.4) is 0 Å². The van der Waals surface area contributed by atoms with E-state index in [2.05, 4.69) is 0 Å². The lowest BCUT2D eigenvalue weighted by atomic mass is 10.3. The van der Waals surface area contributed by atoms with Gasteiger partial charge >= 0.3 is 0 Å². The summed E-state index contributed by atoms with van der Waals surface area (Å²) in [7, 11) is -3.40. The zero-order valence-corrected chi connectivity index (χ0v) is 11.1. The second kappa shape index (κ2) is 4.62. The Morgan fingerprint density at radius 3 is 2.88 bits per heavy atom. The minimum atomic E-state index is -3.40. The first-order chi connectivity index (χ1) is 7.51. The maximum Gasteiger partial charge on any atom is 0.253 e. The Bertz CT molecular complexity index is 471. The maximum absolute atomic E-state index is 12.2. The molecule has 0 aliphatic carbocycles. The Morgan fingerprint density at radius 2 is 2.31 bits per heavy atom. The Labute approximate surface area is 104 Å². The van der Waals surface area contributed by atoms with Crippen molar-refractivity contribution in [2.45, 2.75) is 17.2 Å². The average molecular weight is 282 g/mol. The molecule has 4 nitrogen and oxygen atoms in total. The van der Waals surface area contributed by atoms with E-state index in [0.717, 1.165) is 11.3 Å². The maximum atomic E-state index is 12.2. The van der Waals surface area contributed by atoms with E-state index in [1.165, 1.54) is 4.31 Å². The lowest BCUT2D eigenvalue weighted by molar-refractivity contribution is 0.0393. The van der Waals surface area contributed by atoms with Gasteiger partial charge in [-0.15, -0.1) is 11.3 Å². The molecule has 0 amide bonds. The van der Waals surface area contributed by atoms with Crippen LogP contribution in [0.1, 0.15) is 6.92 Å². The van der Waals surface area contributed by atoms with E-state index >= 15 is 0 Å². The van der Waals surface area contributed by atoms with E-state index in [1.807, 2.05) is 6.92 Å². The van der Waals surface area contributed by atoms with Crippen LogP contribution in [0.2, 0.25) is 4.34 Å². The fourth-order valence-electron chi connectivity index (χ4n) is 1.62. The Hall–Kier alpha value is -0.140. The van der Waals surface area contributed by atoms with Crippen LogP contribution in [0, 0.1) is 0 Å². The summed E-state index contributed by atoms with van der Waals surface area (Å²) in [5, 5.41) is 0. The molecule has 0 radical (unpaired) electrons. The van der Waals surface area contributed by atoms with E-state index in [1.54, 1.807) is 12.1 Å². The SMILES string of the molecule is CC1COCCN1S(=O)(=O)c1ccc(Cl)s1. The average Bonchev–Trinajstić information content (AvgIpc) is 2.66. The van der Waals surface area contributed by atoms with Crippen LogP contribution in [-0.2, 0) is 14.8 Å². The molecule has 2 heterocycles. The molecule has 2 rings (SSSR count). The molecule has 90 valence electrons. The van der Waals surface area contributed by atoms with Gasteiger partial charge in [0.25, 0.3) is 10.0 Å². The summed E-state index contributed by atoms with van der Waals surface area (Å²) in [6.07, 6.45) is 0. The second-order valence-electron chi connectivity index (χ2n) is 3.60. The third-order valence-electron chi connectivity index (χ3n) is 2.42. The number of halogens is 1. The molecular formula is C9H12ClNO3S2. The molecule has 1 aromatic heterocycles. The standard InChI is InChI=1S/C9H12ClNO3S2/c1-7-6-14-5-4-11(7)16(12,13)9-3-2-8(10)15-9/h2-3,7H,4-6H2,1H3. The molecule has 1 atom stereocenters. The van der Waals surface area contributed by atoms with Crippen molar-refractivity contribution in [1.29, 1.82) is 0 Å². The van der Waals surface area contributed by atoms with Gasteiger partial charge < -0.3 is 4.74 Å². The van der Waals surface area contributed by atoms with Crippen LogP contribution in [0.4, 0.5) is 0 Å². The molecular weight excluding hydrogens is 270 g/mol. The van der Waals surface area contributed by atoms with Crippen molar-refractivity contribution in [2.24, 2.45) is 0 Å². The van der Waals surface area contributed by atoms with Gasteiger partial charge in [0.05, 0.1) is 17.6 Å². The van der Waals surface area contributed by atoms with Crippen molar-refractivity contribution in [1.82, 2.24) is 4.31 Å². The van der Waals surface area contributed by atoms with E-state index in [0.29, 0.717) is 28.3 Å². The van der Waals surface area contributed by atoms with Gasteiger partial charge in [0, 0.05) is 12.6 Å². The van der Waals surface area contributed by atoms with E-state index in [-0.39, 0.29) is 6.04 Å². The van der Waals surface area contributed by atoms with Crippen LogP contribution in [-0.4, -0.2) is 38.5 Å². The Kier molecular flexibility index (Phi) is 3.56. The lowest BCUT2D eigenvalue weighted by Crippen LogP contribution is -2.46. The van der Waals surface area contributed by atoms with Gasteiger partial charge in [-0.25, -0.2) is 8.42 Å². The topological polar surface area (TPSA) is 46.6 Å². The molecule has 1 saturated heterocycles. The molecule has 16 heavy (non-hydrogen) atoms. The third kappa shape index (κ3) is 2.26. The van der Waals surface area contributed by atoms with Crippen molar-refractivity contribution < 1.29 is 13.2 Å². The highest BCUT2D eigenvalue weighted by molar-refractivity contribution is 7.91. The van der Waals surface area contributed by atoms with Crippen LogP contribution in [0.25, 0.3) is 0 Å². The summed E-state index contributed by atoms with van der Waals surface area (Å²) in [5.41, 5.74) is 0. The number of thiophene rings is 1. The molecule has 0 spiro atoms. The van der Waals surface area contributed by atoms with Crippen molar-refractivity contribution in [3.8, 4) is 0 Å². The number of sulfonamides is 1. The van der Waals surface area contributed by atoms with Crippen molar-refractivity contribution >= 4 is 33.0 Å². The van der Waals surface area contributed by atoms with Gasteiger partial charge in [0.15, 0.2) is 0 Å². The highest BCUT2D eigenvalue weighted by atomic mass is 35.5. The molecule has 1 unspecified atom stereocenters. The van der Waals surface area contributed by atoms with Gasteiger partial charge in [0.1, 0.15) is 4.21 Å². The number of hydrogen-bond acceptors (Lipinski definition) is 4. The molecule has 1 aliphatic rings. The number of nitrogens with zero attached hydrogens (tertiary/aromatic N) is 1. The first-order valence-corrected chi connectivity index (χ1v) is 7.50.